The molecule has 30 heavy (non-hydrogen) atoms. The summed E-state index contributed by atoms with van der Waals surface area (Å²) in [6, 6.07) is 6.58. The summed E-state index contributed by atoms with van der Waals surface area (Å²) in [5, 5.41) is 6.75. The van der Waals surface area contributed by atoms with Crippen molar-refractivity contribution < 1.29 is 4.39 Å². The number of hydrogen-bond acceptors (Lipinski definition) is 4. The minimum atomic E-state index is -0.239. The molecule has 2 unspecified atom stereocenters. The van der Waals surface area contributed by atoms with E-state index in [2.05, 4.69) is 30.3 Å². The molecule has 1 aliphatic rings. The van der Waals surface area contributed by atoms with E-state index < -0.39 is 0 Å². The standard InChI is InChI=1S/C22H31FN6S/c1-5-7-19(30-14(3)24)17(6-2)25-21-13-18-22(29(4)28-18)27-20(26-21)12-15-8-10-16(23)11-9-15/h7-11,14,17,28H,5-6,12-13,24H2,1-4H3,(H,25,26,27)/b19-7-. The van der Waals surface area contributed by atoms with Crippen LogP contribution in [0.4, 0.5) is 10.2 Å². The van der Waals surface area contributed by atoms with E-state index in [0.717, 1.165) is 41.6 Å². The van der Waals surface area contributed by atoms with Crippen LogP contribution < -0.4 is 11.1 Å². The quantitative estimate of drug-likeness (QED) is 0.542. The maximum atomic E-state index is 13.3. The number of aliphatic imine (C=N–C) groups is 2. The molecule has 0 saturated carbocycles. The van der Waals surface area contributed by atoms with Crippen molar-refractivity contribution in [3.8, 4) is 0 Å². The number of thioether (sulfide) groups is 1. The minimum absolute atomic E-state index is 0.0194. The average molecular weight is 431 g/mol. The molecule has 0 saturated heterocycles. The lowest BCUT2D eigenvalue weighted by molar-refractivity contribution is 0.627. The highest BCUT2D eigenvalue weighted by Gasteiger charge is 2.22. The van der Waals surface area contributed by atoms with Gasteiger partial charge in [-0.3, -0.25) is 14.8 Å². The molecule has 0 bridgehead atoms. The summed E-state index contributed by atoms with van der Waals surface area (Å²) < 4.78 is 15.2. The molecule has 2 heterocycles. The summed E-state index contributed by atoms with van der Waals surface area (Å²) in [5.74, 6) is 2.35. The predicted molar refractivity (Wildman–Crippen MR) is 125 cm³/mol. The van der Waals surface area contributed by atoms with Crippen molar-refractivity contribution in [3.05, 3.63) is 52.3 Å². The third-order valence-electron chi connectivity index (χ3n) is 4.80. The van der Waals surface area contributed by atoms with Crippen molar-refractivity contribution in [2.45, 2.75) is 57.9 Å². The van der Waals surface area contributed by atoms with Gasteiger partial charge in [0, 0.05) is 18.4 Å². The highest BCUT2D eigenvalue weighted by molar-refractivity contribution is 8.03. The summed E-state index contributed by atoms with van der Waals surface area (Å²) in [6.45, 7) is 6.27. The van der Waals surface area contributed by atoms with Crippen molar-refractivity contribution in [2.24, 2.45) is 22.8 Å². The third kappa shape index (κ3) is 5.64. The number of H-pyrrole nitrogens is 1. The van der Waals surface area contributed by atoms with Gasteiger partial charge in [-0.1, -0.05) is 32.1 Å². The van der Waals surface area contributed by atoms with E-state index in [0.29, 0.717) is 12.8 Å². The number of rotatable bonds is 8. The predicted octanol–water partition coefficient (Wildman–Crippen LogP) is 4.42. The van der Waals surface area contributed by atoms with Gasteiger partial charge in [-0.15, -0.1) is 11.8 Å². The van der Waals surface area contributed by atoms with E-state index in [1.165, 1.54) is 17.0 Å². The fourth-order valence-corrected chi connectivity index (χ4v) is 4.50. The largest absolute Gasteiger partial charge is 0.332 e. The fraction of sp³-hybridized carbons (Fsp3) is 0.455. The summed E-state index contributed by atoms with van der Waals surface area (Å²) in [4.78, 5) is 11.1. The van der Waals surface area contributed by atoms with Gasteiger partial charge in [0.25, 0.3) is 0 Å². The number of hydrogen-bond donors (Lipinski definition) is 3. The molecule has 2 atom stereocenters. The topological polar surface area (TPSA) is 83.5 Å². The fourth-order valence-electron chi connectivity index (χ4n) is 3.43. The van der Waals surface area contributed by atoms with Crippen LogP contribution in [0.2, 0.25) is 0 Å². The van der Waals surface area contributed by atoms with E-state index in [1.54, 1.807) is 23.9 Å². The molecular weight excluding hydrogens is 399 g/mol. The summed E-state index contributed by atoms with van der Waals surface area (Å²) in [5.41, 5.74) is 8.09. The van der Waals surface area contributed by atoms with Gasteiger partial charge in [0.15, 0.2) is 5.82 Å². The van der Waals surface area contributed by atoms with Crippen LogP contribution in [0.5, 0.6) is 0 Å². The first-order chi connectivity index (χ1) is 14.4. The number of aromatic nitrogens is 2. The lowest BCUT2D eigenvalue weighted by Crippen LogP contribution is -2.33. The molecule has 0 aliphatic carbocycles. The van der Waals surface area contributed by atoms with Crippen LogP contribution in [0.15, 0.2) is 45.2 Å². The molecule has 1 aromatic heterocycles. The van der Waals surface area contributed by atoms with Gasteiger partial charge in [-0.05, 0) is 37.5 Å². The molecule has 0 fully saturated rings. The molecule has 6 nitrogen and oxygen atoms in total. The second-order valence-electron chi connectivity index (χ2n) is 7.47. The number of nitrogens with two attached hydrogens (primary N) is 1. The Morgan fingerprint density at radius 2 is 2.10 bits per heavy atom. The molecule has 3 rings (SSSR count). The lowest BCUT2D eigenvalue weighted by atomic mass is 10.1. The first-order valence-electron chi connectivity index (χ1n) is 10.4. The Bertz CT molecular complexity index is 935. The van der Waals surface area contributed by atoms with Gasteiger partial charge in [0.1, 0.15) is 17.5 Å². The van der Waals surface area contributed by atoms with Crippen LogP contribution in [0.3, 0.4) is 0 Å². The third-order valence-corrected chi connectivity index (χ3v) is 5.89. The van der Waals surface area contributed by atoms with E-state index in [9.17, 15) is 4.39 Å². The van der Waals surface area contributed by atoms with Gasteiger partial charge >= 0.3 is 0 Å². The van der Waals surface area contributed by atoms with Crippen LogP contribution in [-0.2, 0) is 19.9 Å². The Balaban J connectivity index is 1.88. The zero-order valence-corrected chi connectivity index (χ0v) is 18.9. The zero-order chi connectivity index (χ0) is 21.7. The average Bonchev–Trinajstić information content (AvgIpc) is 2.83. The van der Waals surface area contributed by atoms with Gasteiger partial charge in [0.2, 0.25) is 0 Å². The van der Waals surface area contributed by atoms with E-state index in [1.807, 2.05) is 18.7 Å². The van der Waals surface area contributed by atoms with Crippen LogP contribution in [0, 0.1) is 5.82 Å². The van der Waals surface area contributed by atoms with Crippen molar-refractivity contribution in [1.29, 1.82) is 0 Å². The first-order valence-corrected chi connectivity index (χ1v) is 11.3. The molecular formula is C22H31FN6S. The maximum Gasteiger partial charge on any atom is 0.170 e. The number of amidine groups is 2. The Labute approximate surface area is 181 Å². The Kier molecular flexibility index (Phi) is 7.55. The van der Waals surface area contributed by atoms with Crippen LogP contribution in [0.1, 0.15) is 44.9 Å². The maximum absolute atomic E-state index is 13.3. The number of nitrogens with zero attached hydrogens (tertiary/aromatic N) is 3. The molecule has 0 spiro atoms. The Morgan fingerprint density at radius 1 is 1.37 bits per heavy atom. The van der Waals surface area contributed by atoms with Gasteiger partial charge in [-0.25, -0.2) is 9.38 Å². The van der Waals surface area contributed by atoms with Crippen molar-refractivity contribution >= 4 is 29.3 Å². The van der Waals surface area contributed by atoms with Crippen LogP contribution in [0.25, 0.3) is 0 Å². The Hall–Kier alpha value is -2.32. The van der Waals surface area contributed by atoms with Crippen LogP contribution in [-0.4, -0.2) is 32.9 Å². The highest BCUT2D eigenvalue weighted by atomic mass is 32.2. The normalized spacial score (nSPS) is 17.9. The highest BCUT2D eigenvalue weighted by Crippen LogP contribution is 2.28. The number of halogens is 1. The number of aromatic amines is 1. The monoisotopic (exact) mass is 430 g/mol. The van der Waals surface area contributed by atoms with Gasteiger partial charge in [0.05, 0.1) is 23.5 Å². The molecule has 1 aliphatic heterocycles. The summed E-state index contributed by atoms with van der Waals surface area (Å²) in [6.07, 6.45) is 5.29. The molecule has 4 N–H and O–H groups in total. The number of allylic oxidation sites excluding steroid dienone is 1. The number of fused-ring (bicyclic) bond motifs is 1. The second kappa shape index (κ2) is 10.1. The molecule has 162 valence electrons. The smallest absolute Gasteiger partial charge is 0.170 e. The lowest BCUT2D eigenvalue weighted by Gasteiger charge is -2.19. The Morgan fingerprint density at radius 3 is 2.70 bits per heavy atom. The van der Waals surface area contributed by atoms with Crippen molar-refractivity contribution in [3.63, 3.8) is 0 Å². The molecule has 0 radical (unpaired) electrons. The summed E-state index contributed by atoms with van der Waals surface area (Å²) >= 11 is 1.67. The number of aryl methyl sites for hydroxylation is 1. The van der Waals surface area contributed by atoms with Gasteiger partial charge in [-0.2, -0.15) is 0 Å². The van der Waals surface area contributed by atoms with Gasteiger partial charge < -0.3 is 11.1 Å². The first kappa shape index (κ1) is 22.4. The minimum Gasteiger partial charge on any atom is -0.332 e. The molecule has 0 amide bonds. The van der Waals surface area contributed by atoms with Crippen molar-refractivity contribution in [1.82, 2.24) is 15.1 Å². The van der Waals surface area contributed by atoms with Crippen LogP contribution >= 0.6 is 11.8 Å². The van der Waals surface area contributed by atoms with E-state index in [4.69, 9.17) is 15.7 Å². The van der Waals surface area contributed by atoms with Crippen molar-refractivity contribution in [2.75, 3.05) is 0 Å². The zero-order valence-electron chi connectivity index (χ0n) is 18.1. The molecule has 2 aromatic rings. The van der Waals surface area contributed by atoms with E-state index in [-0.39, 0.29) is 17.2 Å². The number of benzene rings is 1. The second-order valence-corrected chi connectivity index (χ2v) is 8.92. The molecule has 1 aromatic carbocycles. The number of nitrogens with one attached hydrogen (secondary N) is 2. The SMILES string of the molecule is CC/C=C(\SC(C)N)C(CC)N=C1Cc2[nH]n(C)c2N=C(Cc2ccc(F)cc2)N1. The van der Waals surface area contributed by atoms with E-state index >= 15 is 0 Å². The summed E-state index contributed by atoms with van der Waals surface area (Å²) in [7, 11) is 1.94. The molecule has 8 heteroatoms.